The van der Waals surface area contributed by atoms with Crippen LogP contribution in [0, 0.1) is 0 Å². The van der Waals surface area contributed by atoms with E-state index in [0.717, 1.165) is 31.7 Å². The number of hydrogen-bond donors (Lipinski definition) is 1. The van der Waals surface area contributed by atoms with Crippen LogP contribution in [0.1, 0.15) is 25.7 Å². The van der Waals surface area contributed by atoms with E-state index in [4.69, 9.17) is 4.52 Å². The lowest BCUT2D eigenvalue weighted by Crippen LogP contribution is -2.45. The number of likely N-dealkylation sites (N-methyl/N-ethyl adjacent to an activating group) is 1. The van der Waals surface area contributed by atoms with Gasteiger partial charge in [0.1, 0.15) is 0 Å². The van der Waals surface area contributed by atoms with E-state index >= 15 is 0 Å². The van der Waals surface area contributed by atoms with E-state index < -0.39 is 0 Å². The Hall–Kier alpha value is -1.24. The summed E-state index contributed by atoms with van der Waals surface area (Å²) in [5.41, 5.74) is 1.03. The minimum atomic E-state index is 0.574. The second-order valence-corrected chi connectivity index (χ2v) is 5.87. The summed E-state index contributed by atoms with van der Waals surface area (Å²) in [6, 6.07) is 2.59. The molecule has 1 fully saturated rings. The third kappa shape index (κ3) is 3.08. The summed E-state index contributed by atoms with van der Waals surface area (Å²) in [5, 5.41) is 11.6. The lowest BCUT2D eigenvalue weighted by molar-refractivity contribution is 0.147. The molecule has 0 bridgehead atoms. The van der Waals surface area contributed by atoms with Crippen LogP contribution in [0.15, 0.2) is 21.3 Å². The highest BCUT2D eigenvalue weighted by molar-refractivity contribution is 7.08. The zero-order valence-corrected chi connectivity index (χ0v) is 12.5. The summed E-state index contributed by atoms with van der Waals surface area (Å²) in [5.74, 6) is 1.40. The average Bonchev–Trinajstić information content (AvgIpc) is 3.16. The molecule has 20 heavy (non-hydrogen) atoms. The maximum atomic E-state index is 5.39. The quantitative estimate of drug-likeness (QED) is 0.917. The van der Waals surface area contributed by atoms with Gasteiger partial charge in [0.2, 0.25) is 11.7 Å². The van der Waals surface area contributed by atoms with Gasteiger partial charge >= 0.3 is 0 Å². The van der Waals surface area contributed by atoms with Crippen LogP contribution in [0.4, 0.5) is 0 Å². The normalized spacial score (nSPS) is 19.6. The van der Waals surface area contributed by atoms with Crippen LogP contribution in [0.25, 0.3) is 11.4 Å². The van der Waals surface area contributed by atoms with Crippen LogP contribution >= 0.6 is 11.3 Å². The van der Waals surface area contributed by atoms with Crippen molar-refractivity contribution in [3.05, 3.63) is 22.7 Å². The summed E-state index contributed by atoms with van der Waals surface area (Å²) in [7, 11) is 0. The number of aromatic nitrogens is 2. The van der Waals surface area contributed by atoms with Crippen molar-refractivity contribution in [2.45, 2.75) is 32.4 Å². The SMILES string of the molecule is CCN(Cc1nc(-c2ccsc2)no1)C1CCCNC1. The van der Waals surface area contributed by atoms with E-state index in [0.29, 0.717) is 17.8 Å². The lowest BCUT2D eigenvalue weighted by Gasteiger charge is -2.32. The second kappa shape index (κ2) is 6.47. The van der Waals surface area contributed by atoms with Gasteiger partial charge in [-0.3, -0.25) is 4.90 Å². The van der Waals surface area contributed by atoms with E-state index in [9.17, 15) is 0 Å². The smallest absolute Gasteiger partial charge is 0.241 e. The van der Waals surface area contributed by atoms with Crippen LogP contribution in [0.2, 0.25) is 0 Å². The minimum absolute atomic E-state index is 0.574. The van der Waals surface area contributed by atoms with Crippen LogP contribution < -0.4 is 5.32 Å². The first-order valence-electron chi connectivity index (χ1n) is 7.16. The molecule has 0 aliphatic carbocycles. The number of thiophene rings is 1. The molecule has 0 spiro atoms. The average molecular weight is 292 g/mol. The first kappa shape index (κ1) is 13.7. The van der Waals surface area contributed by atoms with Gasteiger partial charge in [0.05, 0.1) is 6.54 Å². The van der Waals surface area contributed by atoms with Crippen molar-refractivity contribution in [2.24, 2.45) is 0 Å². The zero-order valence-electron chi connectivity index (χ0n) is 11.7. The van der Waals surface area contributed by atoms with Crippen molar-refractivity contribution in [1.82, 2.24) is 20.4 Å². The Bertz CT molecular complexity index is 519. The standard InChI is InChI=1S/C14H20N4OS/c1-2-18(12-4-3-6-15-8-12)9-13-16-14(17-19-13)11-5-7-20-10-11/h5,7,10,12,15H,2-4,6,8-9H2,1H3. The van der Waals surface area contributed by atoms with E-state index in [-0.39, 0.29) is 0 Å². The van der Waals surface area contributed by atoms with Gasteiger partial charge in [-0.25, -0.2) is 0 Å². The summed E-state index contributed by atoms with van der Waals surface area (Å²) in [6.45, 7) is 6.11. The first-order valence-corrected chi connectivity index (χ1v) is 8.11. The topological polar surface area (TPSA) is 54.2 Å². The van der Waals surface area contributed by atoms with E-state index in [1.54, 1.807) is 11.3 Å². The molecular formula is C14H20N4OS. The second-order valence-electron chi connectivity index (χ2n) is 5.09. The summed E-state index contributed by atoms with van der Waals surface area (Å²) >= 11 is 1.64. The first-order chi connectivity index (χ1) is 9.86. The van der Waals surface area contributed by atoms with Crippen molar-refractivity contribution in [2.75, 3.05) is 19.6 Å². The van der Waals surface area contributed by atoms with Crippen molar-refractivity contribution < 1.29 is 4.52 Å². The molecule has 1 aliphatic heterocycles. The molecule has 1 saturated heterocycles. The molecular weight excluding hydrogens is 272 g/mol. The van der Waals surface area contributed by atoms with Crippen LogP contribution in [0.3, 0.4) is 0 Å². The predicted molar refractivity (Wildman–Crippen MR) is 79.6 cm³/mol. The Kier molecular flexibility index (Phi) is 4.44. The fraction of sp³-hybridized carbons (Fsp3) is 0.571. The molecule has 5 nitrogen and oxygen atoms in total. The molecule has 0 saturated carbocycles. The zero-order chi connectivity index (χ0) is 13.8. The largest absolute Gasteiger partial charge is 0.338 e. The highest BCUT2D eigenvalue weighted by Gasteiger charge is 2.21. The molecule has 0 amide bonds. The molecule has 1 aliphatic rings. The molecule has 1 unspecified atom stereocenters. The molecule has 3 rings (SSSR count). The molecule has 0 aromatic carbocycles. The van der Waals surface area contributed by atoms with Crippen LogP contribution in [0.5, 0.6) is 0 Å². The summed E-state index contributed by atoms with van der Waals surface area (Å²) < 4.78 is 5.39. The maximum Gasteiger partial charge on any atom is 0.241 e. The van der Waals surface area contributed by atoms with Gasteiger partial charge in [-0.05, 0) is 37.4 Å². The van der Waals surface area contributed by atoms with Crippen molar-refractivity contribution in [1.29, 1.82) is 0 Å². The number of nitrogens with one attached hydrogen (secondary N) is 1. The lowest BCUT2D eigenvalue weighted by atomic mass is 10.1. The molecule has 1 N–H and O–H groups in total. The van der Waals surface area contributed by atoms with Crippen molar-refractivity contribution >= 4 is 11.3 Å². The number of hydrogen-bond acceptors (Lipinski definition) is 6. The Morgan fingerprint density at radius 1 is 1.55 bits per heavy atom. The number of rotatable bonds is 5. The third-order valence-corrected chi connectivity index (χ3v) is 4.46. The molecule has 2 aromatic heterocycles. The van der Waals surface area contributed by atoms with E-state index in [1.807, 2.05) is 16.8 Å². The molecule has 1 atom stereocenters. The molecule has 2 aromatic rings. The molecule has 6 heteroatoms. The minimum Gasteiger partial charge on any atom is -0.338 e. The monoisotopic (exact) mass is 292 g/mol. The van der Waals surface area contributed by atoms with Gasteiger partial charge in [0.25, 0.3) is 0 Å². The highest BCUT2D eigenvalue weighted by Crippen LogP contribution is 2.20. The molecule has 0 radical (unpaired) electrons. The van der Waals surface area contributed by atoms with Gasteiger partial charge in [-0.2, -0.15) is 16.3 Å². The fourth-order valence-electron chi connectivity index (χ4n) is 2.65. The van der Waals surface area contributed by atoms with E-state index in [1.165, 1.54) is 12.8 Å². The van der Waals surface area contributed by atoms with Crippen molar-refractivity contribution in [3.8, 4) is 11.4 Å². The number of piperidine rings is 1. The Morgan fingerprint density at radius 3 is 3.20 bits per heavy atom. The Morgan fingerprint density at radius 2 is 2.50 bits per heavy atom. The van der Waals surface area contributed by atoms with Crippen LogP contribution in [-0.4, -0.2) is 40.7 Å². The maximum absolute atomic E-state index is 5.39. The third-order valence-electron chi connectivity index (χ3n) is 3.78. The Labute approximate surface area is 123 Å². The van der Waals surface area contributed by atoms with Crippen molar-refractivity contribution in [3.63, 3.8) is 0 Å². The van der Waals surface area contributed by atoms with Crippen LogP contribution in [-0.2, 0) is 6.54 Å². The van der Waals surface area contributed by atoms with Gasteiger partial charge < -0.3 is 9.84 Å². The Balaban J connectivity index is 1.66. The highest BCUT2D eigenvalue weighted by atomic mass is 32.1. The predicted octanol–water partition coefficient (Wildman–Crippen LogP) is 2.37. The summed E-state index contributed by atoms with van der Waals surface area (Å²) in [4.78, 5) is 6.92. The molecule has 3 heterocycles. The summed E-state index contributed by atoms with van der Waals surface area (Å²) in [6.07, 6.45) is 2.48. The fourth-order valence-corrected chi connectivity index (χ4v) is 3.28. The van der Waals surface area contributed by atoms with Gasteiger partial charge in [-0.15, -0.1) is 0 Å². The van der Waals surface area contributed by atoms with Gasteiger partial charge in [-0.1, -0.05) is 12.1 Å². The van der Waals surface area contributed by atoms with Gasteiger partial charge in [0, 0.05) is 23.5 Å². The van der Waals surface area contributed by atoms with E-state index in [2.05, 4.69) is 27.3 Å². The molecule has 108 valence electrons. The number of nitrogens with zero attached hydrogens (tertiary/aromatic N) is 3. The van der Waals surface area contributed by atoms with Gasteiger partial charge in [0.15, 0.2) is 0 Å².